The number of carbonyl (C=O) groups excluding carboxylic acids is 2. The summed E-state index contributed by atoms with van der Waals surface area (Å²) in [6.07, 6.45) is 1.12. The number of hydrogen-bond donors (Lipinski definition) is 1. The number of benzene rings is 3. The predicted octanol–water partition coefficient (Wildman–Crippen LogP) is 5.57. The number of amides is 2. The molecule has 3 aromatic rings. The Morgan fingerprint density at radius 2 is 1.51 bits per heavy atom. The lowest BCUT2D eigenvalue weighted by Gasteiger charge is -2.33. The number of halogens is 1. The lowest BCUT2D eigenvalue weighted by molar-refractivity contribution is -0.140. The lowest BCUT2D eigenvalue weighted by Crippen LogP contribution is -2.53. The minimum absolute atomic E-state index is 0.00944. The van der Waals surface area contributed by atoms with Gasteiger partial charge in [-0.1, -0.05) is 73.5 Å². The van der Waals surface area contributed by atoms with E-state index >= 15 is 0 Å². The third-order valence-electron chi connectivity index (χ3n) is 6.59. The Morgan fingerprint density at radius 3 is 2.08 bits per heavy atom. The van der Waals surface area contributed by atoms with Gasteiger partial charge in [-0.05, 0) is 68.7 Å². The van der Waals surface area contributed by atoms with E-state index in [0.29, 0.717) is 17.1 Å². The van der Waals surface area contributed by atoms with E-state index in [0.717, 1.165) is 21.9 Å². The third kappa shape index (κ3) is 7.83. The Bertz CT molecular complexity index is 1350. The van der Waals surface area contributed by atoms with Crippen LogP contribution < -0.4 is 9.62 Å². The van der Waals surface area contributed by atoms with Gasteiger partial charge in [-0.15, -0.1) is 0 Å². The Kier molecular flexibility index (Phi) is 10.5. The van der Waals surface area contributed by atoms with Crippen molar-refractivity contribution in [2.24, 2.45) is 0 Å². The molecule has 2 atom stereocenters. The van der Waals surface area contributed by atoms with Gasteiger partial charge in [-0.25, -0.2) is 8.42 Å². The van der Waals surface area contributed by atoms with Crippen LogP contribution in [0.3, 0.4) is 0 Å². The number of rotatable bonds is 12. The van der Waals surface area contributed by atoms with Crippen LogP contribution in [0.2, 0.25) is 5.02 Å². The molecule has 0 spiro atoms. The van der Waals surface area contributed by atoms with Gasteiger partial charge in [-0.2, -0.15) is 0 Å². The molecule has 0 aliphatic carbocycles. The van der Waals surface area contributed by atoms with E-state index in [9.17, 15) is 18.0 Å². The van der Waals surface area contributed by atoms with E-state index in [-0.39, 0.29) is 23.4 Å². The number of sulfonamides is 1. The van der Waals surface area contributed by atoms with Crippen LogP contribution in [0.1, 0.15) is 44.7 Å². The molecule has 0 aliphatic rings. The third-order valence-corrected chi connectivity index (χ3v) is 8.63. The van der Waals surface area contributed by atoms with Crippen LogP contribution in [0.15, 0.2) is 83.8 Å². The second-order valence-electron chi connectivity index (χ2n) is 9.55. The second-order valence-corrected chi connectivity index (χ2v) is 11.8. The summed E-state index contributed by atoms with van der Waals surface area (Å²) in [4.78, 5) is 28.8. The summed E-state index contributed by atoms with van der Waals surface area (Å²) in [5.41, 5.74) is 2.26. The molecule has 2 amide bonds. The quantitative estimate of drug-likeness (QED) is 0.309. The van der Waals surface area contributed by atoms with Crippen LogP contribution in [0.4, 0.5) is 5.69 Å². The van der Waals surface area contributed by atoms with Crippen molar-refractivity contribution in [3.63, 3.8) is 0 Å². The molecule has 3 aromatic carbocycles. The maximum atomic E-state index is 14.0. The van der Waals surface area contributed by atoms with Crippen molar-refractivity contribution in [2.45, 2.75) is 64.1 Å². The molecule has 0 radical (unpaired) electrons. The fraction of sp³-hybridized carbons (Fsp3) is 0.333. The van der Waals surface area contributed by atoms with E-state index < -0.39 is 28.5 Å². The van der Waals surface area contributed by atoms with Crippen molar-refractivity contribution in [3.05, 3.63) is 95.0 Å². The summed E-state index contributed by atoms with van der Waals surface area (Å²) in [6, 6.07) is 21.2. The normalized spacial score (nSPS) is 12.8. The van der Waals surface area contributed by atoms with Crippen LogP contribution in [0, 0.1) is 6.92 Å². The summed E-state index contributed by atoms with van der Waals surface area (Å²) in [5, 5.41) is 3.38. The predicted molar refractivity (Wildman–Crippen MR) is 156 cm³/mol. The Balaban J connectivity index is 2.02. The molecule has 9 heteroatoms. The van der Waals surface area contributed by atoms with Crippen LogP contribution in [-0.4, -0.2) is 43.8 Å². The number of anilines is 1. The van der Waals surface area contributed by atoms with Gasteiger partial charge in [0.25, 0.3) is 10.0 Å². The summed E-state index contributed by atoms with van der Waals surface area (Å²) in [6.45, 7) is 7.38. The monoisotopic (exact) mass is 569 g/mol. The maximum Gasteiger partial charge on any atom is 0.264 e. The highest BCUT2D eigenvalue weighted by atomic mass is 35.5. The lowest BCUT2D eigenvalue weighted by atomic mass is 10.1. The van der Waals surface area contributed by atoms with Gasteiger partial charge in [0, 0.05) is 17.6 Å². The van der Waals surface area contributed by atoms with Crippen LogP contribution in [0.25, 0.3) is 0 Å². The molecule has 7 nitrogen and oxygen atoms in total. The first-order chi connectivity index (χ1) is 18.6. The summed E-state index contributed by atoms with van der Waals surface area (Å²) < 4.78 is 28.7. The van der Waals surface area contributed by atoms with E-state index in [1.54, 1.807) is 30.3 Å². The summed E-state index contributed by atoms with van der Waals surface area (Å²) in [7, 11) is -4.13. The smallest absolute Gasteiger partial charge is 0.264 e. The number of carbonyl (C=O) groups is 2. The van der Waals surface area contributed by atoms with Crippen LogP contribution >= 0.6 is 11.6 Å². The van der Waals surface area contributed by atoms with Gasteiger partial charge in [0.1, 0.15) is 12.6 Å². The SMILES string of the molecule is CC[C@@H](C)NC(=O)[C@H](CC)N(Cc1ccc(C)cc1)C(=O)CN(c1ccccc1)S(=O)(=O)c1ccc(Cl)cc1. The average molecular weight is 570 g/mol. The minimum Gasteiger partial charge on any atom is -0.352 e. The Hall–Kier alpha value is -3.36. The zero-order chi connectivity index (χ0) is 28.6. The fourth-order valence-electron chi connectivity index (χ4n) is 4.11. The number of nitrogens with zero attached hydrogens (tertiary/aromatic N) is 2. The first kappa shape index (κ1) is 30.2. The molecule has 0 heterocycles. The molecule has 0 bridgehead atoms. The molecule has 0 aromatic heterocycles. The van der Waals surface area contributed by atoms with Crippen LogP contribution in [0.5, 0.6) is 0 Å². The van der Waals surface area contributed by atoms with Gasteiger partial charge in [0.05, 0.1) is 10.6 Å². The molecule has 0 saturated heterocycles. The highest BCUT2D eigenvalue weighted by Crippen LogP contribution is 2.25. The van der Waals surface area contributed by atoms with Gasteiger partial charge >= 0.3 is 0 Å². The number of aryl methyl sites for hydroxylation is 1. The van der Waals surface area contributed by atoms with Gasteiger partial charge < -0.3 is 10.2 Å². The van der Waals surface area contributed by atoms with Crippen molar-refractivity contribution in [1.82, 2.24) is 10.2 Å². The number of hydrogen-bond acceptors (Lipinski definition) is 4. The molecule has 208 valence electrons. The zero-order valence-electron chi connectivity index (χ0n) is 22.8. The largest absolute Gasteiger partial charge is 0.352 e. The zero-order valence-corrected chi connectivity index (χ0v) is 24.4. The second kappa shape index (κ2) is 13.6. The highest BCUT2D eigenvalue weighted by molar-refractivity contribution is 7.92. The molecular formula is C30H36ClN3O4S. The maximum absolute atomic E-state index is 14.0. The van der Waals surface area contributed by atoms with Gasteiger partial charge in [0.15, 0.2) is 0 Å². The van der Waals surface area contributed by atoms with Crippen molar-refractivity contribution < 1.29 is 18.0 Å². The van der Waals surface area contributed by atoms with Crippen molar-refractivity contribution in [3.8, 4) is 0 Å². The van der Waals surface area contributed by atoms with E-state index in [2.05, 4.69) is 5.32 Å². The minimum atomic E-state index is -4.13. The molecule has 39 heavy (non-hydrogen) atoms. The van der Waals surface area contributed by atoms with E-state index in [4.69, 9.17) is 11.6 Å². The Labute approximate surface area is 236 Å². The van der Waals surface area contributed by atoms with Crippen LogP contribution in [-0.2, 0) is 26.2 Å². The van der Waals surface area contributed by atoms with Gasteiger partial charge in [0.2, 0.25) is 11.8 Å². The molecule has 0 saturated carbocycles. The summed E-state index contributed by atoms with van der Waals surface area (Å²) in [5.74, 6) is -0.748. The highest BCUT2D eigenvalue weighted by Gasteiger charge is 2.33. The van der Waals surface area contributed by atoms with Crippen molar-refractivity contribution in [2.75, 3.05) is 10.8 Å². The Morgan fingerprint density at radius 1 is 0.897 bits per heavy atom. The molecule has 0 fully saturated rings. The first-order valence-corrected chi connectivity index (χ1v) is 14.9. The van der Waals surface area contributed by atoms with E-state index in [1.807, 2.05) is 52.0 Å². The molecule has 0 aliphatic heterocycles. The molecule has 1 N–H and O–H groups in total. The van der Waals surface area contributed by atoms with Crippen molar-refractivity contribution in [1.29, 1.82) is 0 Å². The molecular weight excluding hydrogens is 534 g/mol. The fourth-order valence-corrected chi connectivity index (χ4v) is 5.65. The number of para-hydroxylation sites is 1. The first-order valence-electron chi connectivity index (χ1n) is 13.1. The summed E-state index contributed by atoms with van der Waals surface area (Å²) >= 11 is 5.99. The average Bonchev–Trinajstić information content (AvgIpc) is 2.93. The molecule has 3 rings (SSSR count). The molecule has 0 unspecified atom stereocenters. The standard InChI is InChI=1S/C30H36ClN3O4S/c1-5-23(4)32-30(36)28(6-2)33(20-24-14-12-22(3)13-15-24)29(35)21-34(26-10-8-7-9-11-26)39(37,38)27-18-16-25(31)17-19-27/h7-19,23,28H,5-6,20-21H2,1-4H3,(H,32,36)/t23-,28+/m1/s1. The topological polar surface area (TPSA) is 86.8 Å². The van der Waals surface area contributed by atoms with E-state index in [1.165, 1.54) is 29.2 Å². The number of nitrogens with one attached hydrogen (secondary N) is 1. The van der Waals surface area contributed by atoms with Gasteiger partial charge in [-0.3, -0.25) is 13.9 Å². The van der Waals surface area contributed by atoms with Crippen molar-refractivity contribution >= 4 is 39.1 Å².